The molecule has 2 rings (SSSR count). The molecule has 0 aliphatic carbocycles. The molecule has 0 aliphatic rings. The number of benzene rings is 1. The lowest BCUT2D eigenvalue weighted by atomic mass is 10.1. The largest absolute Gasteiger partial charge is 0.497 e. The maximum Gasteiger partial charge on any atom is 0.235 e. The third kappa shape index (κ3) is 6.45. The fourth-order valence-electron chi connectivity index (χ4n) is 2.35. The van der Waals surface area contributed by atoms with E-state index in [0.29, 0.717) is 17.9 Å². The summed E-state index contributed by atoms with van der Waals surface area (Å²) in [7, 11) is -1.93. The van der Waals surface area contributed by atoms with Gasteiger partial charge in [-0.1, -0.05) is 18.2 Å². The van der Waals surface area contributed by atoms with Crippen molar-refractivity contribution < 1.29 is 17.9 Å². The van der Waals surface area contributed by atoms with Crippen molar-refractivity contribution in [3.05, 3.63) is 59.9 Å². The molecule has 0 aliphatic heterocycles. The summed E-state index contributed by atoms with van der Waals surface area (Å²) in [6, 6.07) is 12.8. The van der Waals surface area contributed by atoms with Gasteiger partial charge in [0.05, 0.1) is 32.1 Å². The number of hydrogen-bond donors (Lipinski definition) is 1. The Hall–Kier alpha value is -2.45. The molecule has 0 unspecified atom stereocenters. The standard InChI is InChI=1S/C18H23N3O4S/c1-25-17-8-5-6-15(12-17)9-11-21(26(2,23)24)14-18(22)20-13-16-7-3-4-10-19-16/h3-8,10,12H,9,11,13-14H2,1-2H3,(H,20,22). The van der Waals surface area contributed by atoms with E-state index >= 15 is 0 Å². The van der Waals surface area contributed by atoms with Gasteiger partial charge in [-0.05, 0) is 36.2 Å². The van der Waals surface area contributed by atoms with Crippen molar-refractivity contribution >= 4 is 15.9 Å². The molecular weight excluding hydrogens is 354 g/mol. The van der Waals surface area contributed by atoms with E-state index in [0.717, 1.165) is 11.8 Å². The van der Waals surface area contributed by atoms with Crippen molar-refractivity contribution in [2.24, 2.45) is 0 Å². The van der Waals surface area contributed by atoms with Gasteiger partial charge in [0.1, 0.15) is 5.75 Å². The van der Waals surface area contributed by atoms with Gasteiger partial charge in [0.15, 0.2) is 0 Å². The Morgan fingerprint density at radius 2 is 2.04 bits per heavy atom. The maximum atomic E-state index is 12.1. The summed E-state index contributed by atoms with van der Waals surface area (Å²) in [5.41, 5.74) is 1.65. The quantitative estimate of drug-likeness (QED) is 0.710. The molecule has 26 heavy (non-hydrogen) atoms. The highest BCUT2D eigenvalue weighted by Crippen LogP contribution is 2.13. The molecule has 0 fully saturated rings. The SMILES string of the molecule is COc1cccc(CCN(CC(=O)NCc2ccccn2)S(C)(=O)=O)c1. The lowest BCUT2D eigenvalue weighted by Gasteiger charge is -2.19. The average molecular weight is 377 g/mol. The van der Waals surface area contributed by atoms with E-state index in [1.54, 1.807) is 25.4 Å². The number of carbonyl (C=O) groups excluding carboxylic acids is 1. The van der Waals surface area contributed by atoms with Gasteiger partial charge in [0, 0.05) is 12.7 Å². The zero-order valence-electron chi connectivity index (χ0n) is 14.9. The molecule has 0 atom stereocenters. The van der Waals surface area contributed by atoms with E-state index < -0.39 is 10.0 Å². The second-order valence-electron chi connectivity index (χ2n) is 5.80. The second kappa shape index (κ2) is 9.30. The molecule has 7 nitrogen and oxygen atoms in total. The minimum Gasteiger partial charge on any atom is -0.497 e. The number of pyridine rings is 1. The molecular formula is C18H23N3O4S. The smallest absolute Gasteiger partial charge is 0.235 e. The summed E-state index contributed by atoms with van der Waals surface area (Å²) >= 11 is 0. The van der Waals surface area contributed by atoms with Gasteiger partial charge in [-0.2, -0.15) is 4.31 Å². The highest BCUT2D eigenvalue weighted by atomic mass is 32.2. The van der Waals surface area contributed by atoms with Crippen molar-refractivity contribution in [2.75, 3.05) is 26.5 Å². The fourth-order valence-corrected chi connectivity index (χ4v) is 3.13. The predicted octanol–water partition coefficient (Wildman–Crippen LogP) is 1.21. The summed E-state index contributed by atoms with van der Waals surface area (Å²) in [5, 5.41) is 2.69. The van der Waals surface area contributed by atoms with Gasteiger partial charge >= 0.3 is 0 Å². The molecule has 1 N–H and O–H groups in total. The van der Waals surface area contributed by atoms with Crippen LogP contribution in [-0.2, 0) is 27.8 Å². The van der Waals surface area contributed by atoms with Crippen molar-refractivity contribution in [3.8, 4) is 5.75 Å². The van der Waals surface area contributed by atoms with E-state index in [-0.39, 0.29) is 25.5 Å². The van der Waals surface area contributed by atoms with Crippen LogP contribution in [0.4, 0.5) is 0 Å². The maximum absolute atomic E-state index is 12.1. The van der Waals surface area contributed by atoms with Crippen LogP contribution in [0.5, 0.6) is 5.75 Å². The van der Waals surface area contributed by atoms with Crippen LogP contribution in [0.3, 0.4) is 0 Å². The summed E-state index contributed by atoms with van der Waals surface area (Å²) in [6.45, 7) is 0.242. The van der Waals surface area contributed by atoms with Crippen molar-refractivity contribution in [1.29, 1.82) is 0 Å². The number of methoxy groups -OCH3 is 1. The number of sulfonamides is 1. The van der Waals surface area contributed by atoms with E-state index in [4.69, 9.17) is 4.74 Å². The third-order valence-corrected chi connectivity index (χ3v) is 5.02. The molecule has 0 spiro atoms. The number of carbonyl (C=O) groups is 1. The number of ether oxygens (including phenoxy) is 1. The molecule has 140 valence electrons. The van der Waals surface area contributed by atoms with Crippen LogP contribution >= 0.6 is 0 Å². The first-order chi connectivity index (χ1) is 12.4. The second-order valence-corrected chi connectivity index (χ2v) is 7.78. The summed E-state index contributed by atoms with van der Waals surface area (Å²) < 4.78 is 30.3. The first kappa shape index (κ1) is 19.9. The number of rotatable bonds is 9. The van der Waals surface area contributed by atoms with Crippen LogP contribution in [0.15, 0.2) is 48.7 Å². The van der Waals surface area contributed by atoms with Crippen molar-refractivity contribution in [2.45, 2.75) is 13.0 Å². The highest BCUT2D eigenvalue weighted by molar-refractivity contribution is 7.88. The van der Waals surface area contributed by atoms with E-state index in [2.05, 4.69) is 10.3 Å². The minimum absolute atomic E-state index is 0.211. The molecule has 1 aromatic heterocycles. The number of hydrogen-bond acceptors (Lipinski definition) is 5. The monoisotopic (exact) mass is 377 g/mol. The van der Waals surface area contributed by atoms with E-state index in [1.807, 2.05) is 30.3 Å². The molecule has 0 saturated carbocycles. The Kier molecular flexibility index (Phi) is 7.11. The Balaban J connectivity index is 1.93. The molecule has 0 radical (unpaired) electrons. The van der Waals surface area contributed by atoms with E-state index in [9.17, 15) is 13.2 Å². The first-order valence-corrected chi connectivity index (χ1v) is 9.98. The molecule has 8 heteroatoms. The minimum atomic E-state index is -3.50. The van der Waals surface area contributed by atoms with Crippen LogP contribution < -0.4 is 10.1 Å². The Morgan fingerprint density at radius 1 is 1.23 bits per heavy atom. The topological polar surface area (TPSA) is 88.6 Å². The lowest BCUT2D eigenvalue weighted by molar-refractivity contribution is -0.121. The Bertz CT molecular complexity index is 825. The van der Waals surface area contributed by atoms with Gasteiger partial charge in [0.2, 0.25) is 15.9 Å². The zero-order valence-corrected chi connectivity index (χ0v) is 15.7. The number of amides is 1. The van der Waals surface area contributed by atoms with Gasteiger partial charge in [0.25, 0.3) is 0 Å². The Morgan fingerprint density at radius 3 is 2.69 bits per heavy atom. The van der Waals surface area contributed by atoms with Crippen molar-refractivity contribution in [1.82, 2.24) is 14.6 Å². The molecule has 0 bridgehead atoms. The number of nitrogens with zero attached hydrogens (tertiary/aromatic N) is 2. The summed E-state index contributed by atoms with van der Waals surface area (Å²) in [4.78, 5) is 16.2. The molecule has 1 heterocycles. The predicted molar refractivity (Wildman–Crippen MR) is 99.2 cm³/mol. The molecule has 2 aromatic rings. The fraction of sp³-hybridized carbons (Fsp3) is 0.333. The van der Waals surface area contributed by atoms with Crippen LogP contribution in [0, 0.1) is 0 Å². The first-order valence-electron chi connectivity index (χ1n) is 8.13. The molecule has 0 saturated heterocycles. The average Bonchev–Trinajstić information content (AvgIpc) is 2.63. The van der Waals surface area contributed by atoms with Gasteiger partial charge in [-0.3, -0.25) is 9.78 Å². The van der Waals surface area contributed by atoms with Gasteiger partial charge in [-0.15, -0.1) is 0 Å². The number of aromatic nitrogens is 1. The van der Waals surface area contributed by atoms with Crippen LogP contribution in [0.1, 0.15) is 11.3 Å². The van der Waals surface area contributed by atoms with Crippen LogP contribution in [0.2, 0.25) is 0 Å². The zero-order chi connectivity index (χ0) is 19.0. The molecule has 1 aromatic carbocycles. The lowest BCUT2D eigenvalue weighted by Crippen LogP contribution is -2.41. The number of nitrogens with one attached hydrogen (secondary N) is 1. The third-order valence-electron chi connectivity index (χ3n) is 3.77. The summed E-state index contributed by atoms with van der Waals surface area (Å²) in [6.07, 6.45) is 3.22. The van der Waals surface area contributed by atoms with Crippen molar-refractivity contribution in [3.63, 3.8) is 0 Å². The van der Waals surface area contributed by atoms with E-state index in [1.165, 1.54) is 4.31 Å². The summed E-state index contributed by atoms with van der Waals surface area (Å²) in [5.74, 6) is 0.341. The van der Waals surface area contributed by atoms with Crippen LogP contribution in [0.25, 0.3) is 0 Å². The Labute approximate surface area is 154 Å². The van der Waals surface area contributed by atoms with Gasteiger partial charge in [-0.25, -0.2) is 8.42 Å². The van der Waals surface area contributed by atoms with Crippen LogP contribution in [-0.4, -0.2) is 50.1 Å². The van der Waals surface area contributed by atoms with Gasteiger partial charge < -0.3 is 10.1 Å². The molecule has 1 amide bonds. The normalized spacial score (nSPS) is 11.3. The highest BCUT2D eigenvalue weighted by Gasteiger charge is 2.20.